The van der Waals surface area contributed by atoms with Gasteiger partial charge in [-0.2, -0.15) is 28.5 Å². The van der Waals surface area contributed by atoms with E-state index >= 15 is 0 Å². The number of rotatable bonds is 4. The minimum absolute atomic E-state index is 0. The van der Waals surface area contributed by atoms with Gasteiger partial charge in [0.1, 0.15) is 11.4 Å². The molecule has 0 atom stereocenters. The van der Waals surface area contributed by atoms with E-state index in [1.165, 1.54) is 87.9 Å². The third kappa shape index (κ3) is 7.16. The fourth-order valence-corrected chi connectivity index (χ4v) is 10.3. The second-order valence-corrected chi connectivity index (χ2v) is 18.1. The molecule has 14 rings (SSSR count). The summed E-state index contributed by atoms with van der Waals surface area (Å²) in [4.78, 5) is 8.82. The van der Waals surface area contributed by atoms with Crippen molar-refractivity contribution in [2.45, 2.75) is 0 Å². The smallest absolute Gasteiger partial charge is 0.249 e. The molecule has 2 aliphatic rings. The molecule has 0 saturated heterocycles. The van der Waals surface area contributed by atoms with Crippen LogP contribution in [0.1, 0.15) is 0 Å². The summed E-state index contributed by atoms with van der Waals surface area (Å²) >= 11 is 0. The molecule has 0 unspecified atom stereocenters. The molecule has 336 valence electrons. The molecule has 0 bridgehead atoms. The maximum Gasteiger partial charge on any atom is 0.249 e. The van der Waals surface area contributed by atoms with E-state index < -0.39 is 0 Å². The number of aryl methyl sites for hydroxylation is 2. The van der Waals surface area contributed by atoms with Gasteiger partial charge in [0.2, 0.25) is 12.7 Å². The van der Waals surface area contributed by atoms with Gasteiger partial charge in [-0.15, -0.1) is 29.6 Å². The number of benzene rings is 10. The number of fused-ring (bicyclic) bond motifs is 8. The summed E-state index contributed by atoms with van der Waals surface area (Å²) in [6.45, 7) is 4.28. The molecule has 69 heavy (non-hydrogen) atoms. The SMILES string of the molecule is CN1[CH-]N(c2[c-]c(N3[CH-]N(C)c4cc5ccccc5cc43)ccc2)c2cc3ccccc3cc21.C[n+]1cn(-c2cccc(-n3c[n+](C)c4cc5ccccc5cc43)c2)c2cc3ccccc3cc21.[Os]. The van der Waals surface area contributed by atoms with Gasteiger partial charge in [0.15, 0.2) is 22.1 Å². The van der Waals surface area contributed by atoms with Gasteiger partial charge in [0.25, 0.3) is 0 Å². The van der Waals surface area contributed by atoms with Crippen molar-refractivity contribution in [3.63, 3.8) is 0 Å². The second kappa shape index (κ2) is 16.7. The summed E-state index contributed by atoms with van der Waals surface area (Å²) in [5.74, 6) is 0. The first-order chi connectivity index (χ1) is 33.3. The van der Waals surface area contributed by atoms with E-state index in [0.29, 0.717) is 0 Å². The molecule has 0 spiro atoms. The zero-order valence-corrected chi connectivity index (χ0v) is 41.2. The van der Waals surface area contributed by atoms with Crippen LogP contribution in [0.3, 0.4) is 0 Å². The molecule has 2 aromatic heterocycles. The van der Waals surface area contributed by atoms with Crippen molar-refractivity contribution in [2.24, 2.45) is 14.1 Å². The van der Waals surface area contributed by atoms with E-state index in [1.807, 2.05) is 0 Å². The van der Waals surface area contributed by atoms with E-state index in [4.69, 9.17) is 0 Å². The van der Waals surface area contributed by atoms with Crippen molar-refractivity contribution in [2.75, 3.05) is 33.7 Å². The Morgan fingerprint density at radius 1 is 0.377 bits per heavy atom. The van der Waals surface area contributed by atoms with Gasteiger partial charge in [0.05, 0.1) is 14.1 Å². The standard InChI is InChI=1S/C30H24N4.C30H23N4.Os/c2*1-31-19-33(29-16-23-10-5-3-8-21(23)14-27(29)31)25-12-7-13-26(18-25)34-20-32(2)28-15-22-9-4-6-11-24(22)17-30(28)34;/h3-20H,1-2H3;3-17,19-20H,1-2H3;/q+2;-3;. The fraction of sp³-hybridized carbons (Fsp3) is 0.0667. The number of nitrogens with zero attached hydrogens (tertiary/aromatic N) is 8. The van der Waals surface area contributed by atoms with Crippen LogP contribution in [0.2, 0.25) is 0 Å². The second-order valence-electron chi connectivity index (χ2n) is 18.1. The van der Waals surface area contributed by atoms with Crippen molar-refractivity contribution in [1.82, 2.24) is 9.13 Å². The van der Waals surface area contributed by atoms with Gasteiger partial charge in [-0.3, -0.25) is 0 Å². The van der Waals surface area contributed by atoms with Crippen LogP contribution in [0.5, 0.6) is 0 Å². The number of anilines is 6. The van der Waals surface area contributed by atoms with E-state index in [2.05, 4.69) is 286 Å². The van der Waals surface area contributed by atoms with Crippen LogP contribution >= 0.6 is 0 Å². The van der Waals surface area contributed by atoms with Gasteiger partial charge in [-0.1, -0.05) is 103 Å². The maximum atomic E-state index is 3.68. The minimum Gasteiger partial charge on any atom is -0.504 e. The topological polar surface area (TPSA) is 30.6 Å². The number of imidazole rings is 2. The van der Waals surface area contributed by atoms with Crippen molar-refractivity contribution in [3.8, 4) is 11.4 Å². The first kappa shape index (κ1) is 42.4. The van der Waals surface area contributed by atoms with Gasteiger partial charge in [-0.25, -0.2) is 9.13 Å². The summed E-state index contributed by atoms with van der Waals surface area (Å²) in [5, 5.41) is 10.00. The number of hydrogen-bond acceptors (Lipinski definition) is 4. The summed E-state index contributed by atoms with van der Waals surface area (Å²) < 4.78 is 8.97. The molecular formula is C60H47N8Os-. The van der Waals surface area contributed by atoms with Crippen LogP contribution in [-0.2, 0) is 33.9 Å². The first-order valence-electron chi connectivity index (χ1n) is 23.0. The maximum absolute atomic E-state index is 3.68. The third-order valence-electron chi connectivity index (χ3n) is 13.8. The van der Waals surface area contributed by atoms with Crippen LogP contribution in [0.4, 0.5) is 34.1 Å². The summed E-state index contributed by atoms with van der Waals surface area (Å²) in [6, 6.07) is 71.1. The van der Waals surface area contributed by atoms with Crippen LogP contribution in [0.15, 0.2) is 201 Å². The van der Waals surface area contributed by atoms with E-state index in [-0.39, 0.29) is 19.8 Å². The molecule has 9 heteroatoms. The minimum atomic E-state index is 0. The Kier molecular flexibility index (Phi) is 10.2. The summed E-state index contributed by atoms with van der Waals surface area (Å²) in [7, 11) is 8.42. The predicted molar refractivity (Wildman–Crippen MR) is 280 cm³/mol. The normalized spacial score (nSPS) is 13.2. The monoisotopic (exact) mass is 1070 g/mol. The molecular weight excluding hydrogens is 1020 g/mol. The van der Waals surface area contributed by atoms with Crippen molar-refractivity contribution >= 4 is 99.3 Å². The van der Waals surface area contributed by atoms with Gasteiger partial charge in [-0.05, 0) is 118 Å². The average Bonchev–Trinajstić information content (AvgIpc) is 4.10. The molecule has 0 aliphatic carbocycles. The van der Waals surface area contributed by atoms with Crippen molar-refractivity contribution in [3.05, 3.63) is 220 Å². The Morgan fingerprint density at radius 2 is 0.710 bits per heavy atom. The third-order valence-corrected chi connectivity index (χ3v) is 13.8. The van der Waals surface area contributed by atoms with Crippen LogP contribution < -0.4 is 28.7 Å². The van der Waals surface area contributed by atoms with Crippen LogP contribution in [0.25, 0.3) is 76.5 Å². The average molecular weight is 1070 g/mol. The summed E-state index contributed by atoms with van der Waals surface area (Å²) in [6.07, 6.45) is 4.34. The number of hydrogen-bond donors (Lipinski definition) is 0. The van der Waals surface area contributed by atoms with E-state index in [0.717, 1.165) is 22.7 Å². The Morgan fingerprint density at radius 3 is 1.10 bits per heavy atom. The van der Waals surface area contributed by atoms with Crippen molar-refractivity contribution < 1.29 is 28.9 Å². The first-order valence-corrected chi connectivity index (χ1v) is 23.0. The van der Waals surface area contributed by atoms with Gasteiger partial charge >= 0.3 is 0 Å². The Balaban J connectivity index is 0.000000141. The Bertz CT molecular complexity index is 3730. The zero-order valence-electron chi connectivity index (χ0n) is 38.6. The molecule has 4 heterocycles. The Labute approximate surface area is 414 Å². The molecule has 12 aromatic rings. The van der Waals surface area contributed by atoms with Crippen LogP contribution in [0, 0.1) is 19.4 Å². The molecule has 0 saturated carbocycles. The quantitative estimate of drug-likeness (QED) is 0.130. The fourth-order valence-electron chi connectivity index (χ4n) is 10.3. The Hall–Kier alpha value is -7.98. The molecule has 8 nitrogen and oxygen atoms in total. The van der Waals surface area contributed by atoms with E-state index in [1.54, 1.807) is 0 Å². The molecule has 0 fully saturated rings. The van der Waals surface area contributed by atoms with Crippen LogP contribution in [-0.4, -0.2) is 23.2 Å². The largest absolute Gasteiger partial charge is 0.504 e. The molecule has 0 radical (unpaired) electrons. The molecule has 2 aliphatic heterocycles. The predicted octanol–water partition coefficient (Wildman–Crippen LogP) is 12.7. The molecule has 0 amide bonds. The van der Waals surface area contributed by atoms with E-state index in [9.17, 15) is 0 Å². The number of aromatic nitrogens is 4. The zero-order chi connectivity index (χ0) is 45.6. The molecule has 0 N–H and O–H groups in total. The summed E-state index contributed by atoms with van der Waals surface area (Å²) in [5.41, 5.74) is 13.9. The van der Waals surface area contributed by atoms with Gasteiger partial charge < -0.3 is 19.6 Å². The van der Waals surface area contributed by atoms with Crippen molar-refractivity contribution in [1.29, 1.82) is 0 Å². The van der Waals surface area contributed by atoms with Gasteiger partial charge in [0, 0.05) is 48.6 Å². The molecule has 10 aromatic carbocycles.